The molecule has 2 aromatic carbocycles. The molecule has 0 unspecified atom stereocenters. The highest BCUT2D eigenvalue weighted by molar-refractivity contribution is 9.10. The van der Waals surface area contributed by atoms with Crippen molar-refractivity contribution in [3.8, 4) is 5.75 Å². The minimum absolute atomic E-state index is 0.0545. The van der Waals surface area contributed by atoms with Gasteiger partial charge in [-0.1, -0.05) is 34.6 Å². The molecule has 2 aliphatic heterocycles. The number of methoxy groups -OCH3 is 1. The van der Waals surface area contributed by atoms with Crippen LogP contribution in [0, 0.1) is 6.92 Å². The third kappa shape index (κ3) is 5.25. The largest absolute Gasteiger partial charge is 0.496 e. The van der Waals surface area contributed by atoms with Gasteiger partial charge in [0, 0.05) is 71.4 Å². The van der Waals surface area contributed by atoms with Crippen molar-refractivity contribution in [2.24, 2.45) is 0 Å². The third-order valence-corrected chi connectivity index (χ3v) is 8.27. The number of carbonyl (C=O) groups is 3. The molecule has 3 heterocycles. The topological polar surface area (TPSA) is 104 Å². The van der Waals surface area contributed by atoms with Crippen LogP contribution in [0.1, 0.15) is 33.6 Å². The fraction of sp³-hybridized carbons (Fsp3) is 0.367. The third-order valence-electron chi connectivity index (χ3n) is 7.78. The highest BCUT2D eigenvalue weighted by Gasteiger charge is 2.33. The lowest BCUT2D eigenvalue weighted by Gasteiger charge is -2.40. The molecule has 1 fully saturated rings. The van der Waals surface area contributed by atoms with Crippen LogP contribution in [-0.4, -0.2) is 76.6 Å². The molecular weight excluding hydrogens is 576 g/mol. The lowest BCUT2D eigenvalue weighted by atomic mass is 9.97. The molecule has 0 aliphatic carbocycles. The van der Waals surface area contributed by atoms with Crippen molar-refractivity contribution in [1.29, 1.82) is 0 Å². The number of likely N-dealkylation sites (tertiary alicyclic amines) is 1. The maximum Gasteiger partial charge on any atom is 0.256 e. The van der Waals surface area contributed by atoms with Crippen molar-refractivity contribution in [1.82, 2.24) is 19.7 Å². The van der Waals surface area contributed by atoms with Gasteiger partial charge in [-0.3, -0.25) is 14.4 Å². The molecule has 5 rings (SSSR count). The molecule has 2 aliphatic rings. The Hall–Kier alpha value is -3.63. The number of carbonyl (C=O) groups excluding carboxylic acids is 3. The Morgan fingerprint density at radius 2 is 1.95 bits per heavy atom. The molecule has 2 N–H and O–H groups in total. The van der Waals surface area contributed by atoms with Crippen molar-refractivity contribution in [3.05, 3.63) is 75.4 Å². The summed E-state index contributed by atoms with van der Waals surface area (Å²) in [4.78, 5) is 42.8. The van der Waals surface area contributed by atoms with Crippen molar-refractivity contribution in [3.63, 3.8) is 0 Å². The van der Waals surface area contributed by atoms with E-state index in [1.165, 1.54) is 0 Å². The zero-order valence-corrected chi connectivity index (χ0v) is 24.3. The van der Waals surface area contributed by atoms with Crippen LogP contribution < -0.4 is 10.1 Å². The monoisotopic (exact) mass is 608 g/mol. The number of amides is 3. The van der Waals surface area contributed by atoms with Gasteiger partial charge >= 0.3 is 0 Å². The van der Waals surface area contributed by atoms with Crippen molar-refractivity contribution in [2.45, 2.75) is 38.9 Å². The number of hydrogen-bond acceptors (Lipinski definition) is 5. The van der Waals surface area contributed by atoms with E-state index in [0.717, 1.165) is 37.9 Å². The lowest BCUT2D eigenvalue weighted by molar-refractivity contribution is -0.134. The number of benzene rings is 2. The predicted molar refractivity (Wildman–Crippen MR) is 155 cm³/mol. The summed E-state index contributed by atoms with van der Waals surface area (Å²) in [7, 11) is 1.66. The van der Waals surface area contributed by atoms with Gasteiger partial charge < -0.3 is 29.5 Å². The molecule has 0 saturated carbocycles. The van der Waals surface area contributed by atoms with Crippen molar-refractivity contribution >= 4 is 44.6 Å². The first-order valence-electron chi connectivity index (χ1n) is 13.3. The summed E-state index contributed by atoms with van der Waals surface area (Å²) in [5, 5.41) is 12.8. The van der Waals surface area contributed by atoms with Gasteiger partial charge in [-0.25, -0.2) is 0 Å². The summed E-state index contributed by atoms with van der Waals surface area (Å²) in [6.45, 7) is 7.41. The van der Waals surface area contributed by atoms with Gasteiger partial charge in [0.25, 0.3) is 5.91 Å². The number of hydrogen-bond donors (Lipinski definition) is 2. The van der Waals surface area contributed by atoms with E-state index >= 15 is 0 Å². The number of aromatic nitrogens is 1. The molecule has 1 aromatic heterocycles. The van der Waals surface area contributed by atoms with Crippen LogP contribution in [0.3, 0.4) is 0 Å². The number of nitrogens with one attached hydrogen (secondary N) is 1. The number of halogens is 1. The van der Waals surface area contributed by atoms with Crippen molar-refractivity contribution in [2.75, 3.05) is 33.4 Å². The van der Waals surface area contributed by atoms with Crippen LogP contribution in [0.2, 0.25) is 0 Å². The second kappa shape index (κ2) is 11.5. The first-order valence-corrected chi connectivity index (χ1v) is 14.1. The van der Waals surface area contributed by atoms with Crippen LogP contribution in [0.5, 0.6) is 5.75 Å². The lowest BCUT2D eigenvalue weighted by Crippen LogP contribution is -2.61. The molecule has 9 nitrogen and oxygen atoms in total. The molecule has 0 radical (unpaired) electrons. The smallest absolute Gasteiger partial charge is 0.256 e. The molecule has 10 heteroatoms. The second-order valence-electron chi connectivity index (χ2n) is 10.3. The molecule has 0 bridgehead atoms. The van der Waals surface area contributed by atoms with E-state index in [0.29, 0.717) is 43.7 Å². The zero-order valence-electron chi connectivity index (χ0n) is 22.7. The van der Waals surface area contributed by atoms with Crippen LogP contribution in [-0.2, 0) is 29.1 Å². The van der Waals surface area contributed by atoms with Gasteiger partial charge in [0.15, 0.2) is 0 Å². The molecule has 3 amide bonds. The fourth-order valence-electron chi connectivity index (χ4n) is 5.64. The van der Waals surface area contributed by atoms with Gasteiger partial charge in [0.2, 0.25) is 11.8 Å². The van der Waals surface area contributed by atoms with Gasteiger partial charge in [0.1, 0.15) is 12.3 Å². The van der Waals surface area contributed by atoms with Gasteiger partial charge in [-0.05, 0) is 43.2 Å². The molecule has 40 heavy (non-hydrogen) atoms. The standard InChI is InChI=1S/C30H33BrN4O5/c1-18(10-12-36)29(38)34-15-22(16-34)32-27(37)17-35-19(2)28(24-13-21(31)7-8-25(24)35)30(39)33-11-9-23-20(14-33)5-4-6-26(23)40-3/h4-8,13,22,36H,1,9-12,14-17H2,2-3H3,(H,32,37). The Balaban J connectivity index is 1.33. The highest BCUT2D eigenvalue weighted by atomic mass is 79.9. The molecule has 1 saturated heterocycles. The second-order valence-corrected chi connectivity index (χ2v) is 11.3. The molecule has 3 aromatic rings. The van der Waals surface area contributed by atoms with Gasteiger partial charge in [-0.2, -0.15) is 0 Å². The van der Waals surface area contributed by atoms with Crippen LogP contribution in [0.15, 0.2) is 53.0 Å². The average Bonchev–Trinajstić information content (AvgIpc) is 3.18. The van der Waals surface area contributed by atoms with Crippen molar-refractivity contribution < 1.29 is 24.2 Å². The normalized spacial score (nSPS) is 15.0. The molecular formula is C30H33BrN4O5. The Morgan fingerprint density at radius 1 is 1.18 bits per heavy atom. The van der Waals surface area contributed by atoms with Gasteiger partial charge in [0.05, 0.1) is 18.7 Å². The maximum absolute atomic E-state index is 13.9. The Kier molecular flexibility index (Phi) is 8.00. The number of aliphatic hydroxyl groups is 1. The SMILES string of the molecule is C=C(CCO)C(=O)N1CC(NC(=O)Cn2c(C)c(C(=O)N3CCc4c(cccc4OC)C3)c3cc(Br)ccc32)C1. The van der Waals surface area contributed by atoms with E-state index in [9.17, 15) is 14.4 Å². The number of fused-ring (bicyclic) bond motifs is 2. The van der Waals surface area contributed by atoms with E-state index in [2.05, 4.69) is 27.8 Å². The Morgan fingerprint density at radius 3 is 2.67 bits per heavy atom. The Bertz CT molecular complexity index is 1510. The minimum Gasteiger partial charge on any atom is -0.496 e. The zero-order chi connectivity index (χ0) is 28.6. The first kappa shape index (κ1) is 27.9. The summed E-state index contributed by atoms with van der Waals surface area (Å²) in [6.07, 6.45) is 0.949. The predicted octanol–water partition coefficient (Wildman–Crippen LogP) is 3.18. The molecule has 0 atom stereocenters. The average molecular weight is 610 g/mol. The fourth-order valence-corrected chi connectivity index (χ4v) is 6.00. The summed E-state index contributed by atoms with van der Waals surface area (Å²) in [5.41, 5.74) is 4.72. The van der Waals surface area contributed by atoms with E-state index in [1.54, 1.807) is 12.0 Å². The Labute approximate surface area is 241 Å². The van der Waals surface area contributed by atoms with E-state index in [-0.39, 0.29) is 43.3 Å². The van der Waals surface area contributed by atoms with Crippen LogP contribution in [0.25, 0.3) is 10.9 Å². The number of ether oxygens (including phenoxy) is 1. The van der Waals surface area contributed by atoms with Crippen LogP contribution in [0.4, 0.5) is 0 Å². The molecule has 0 spiro atoms. The maximum atomic E-state index is 13.9. The number of rotatable bonds is 8. The summed E-state index contributed by atoms with van der Waals surface area (Å²) in [5.74, 6) is 0.400. The highest BCUT2D eigenvalue weighted by Crippen LogP contribution is 2.33. The van der Waals surface area contributed by atoms with E-state index in [4.69, 9.17) is 9.84 Å². The first-order chi connectivity index (χ1) is 19.2. The number of nitrogens with zero attached hydrogens (tertiary/aromatic N) is 3. The summed E-state index contributed by atoms with van der Waals surface area (Å²) >= 11 is 3.54. The summed E-state index contributed by atoms with van der Waals surface area (Å²) in [6, 6.07) is 11.5. The quantitative estimate of drug-likeness (QED) is 0.382. The minimum atomic E-state index is -0.195. The summed E-state index contributed by atoms with van der Waals surface area (Å²) < 4.78 is 8.26. The van der Waals surface area contributed by atoms with Crippen LogP contribution >= 0.6 is 15.9 Å². The van der Waals surface area contributed by atoms with Gasteiger partial charge in [-0.15, -0.1) is 0 Å². The van der Waals surface area contributed by atoms with E-state index < -0.39 is 0 Å². The van der Waals surface area contributed by atoms with E-state index in [1.807, 2.05) is 52.8 Å². The molecule has 210 valence electrons. The number of aliphatic hydroxyl groups excluding tert-OH is 1.